The van der Waals surface area contributed by atoms with Gasteiger partial charge in [-0.25, -0.2) is 0 Å². The zero-order chi connectivity index (χ0) is 58.0. The number of carboxylic acids is 1. The Kier molecular flexibility index (Phi) is 134. The number of nitriles is 1. The maximum atomic E-state index is 11.2. The smallest absolute Gasteiger partial charge is 0.308 e. The fraction of sp³-hybridized carbons (Fsp3) is 0.859. The summed E-state index contributed by atoms with van der Waals surface area (Å²) in [6.07, 6.45) is 3.95. The molecule has 0 fully saturated rings. The van der Waals surface area contributed by atoms with E-state index in [9.17, 15) is 43.5 Å². The number of ether oxygens (including phenoxy) is 9. The van der Waals surface area contributed by atoms with Gasteiger partial charge >= 0.3 is 47.8 Å². The van der Waals surface area contributed by atoms with Gasteiger partial charge < -0.3 is 58.0 Å². The van der Waals surface area contributed by atoms with Crippen molar-refractivity contribution in [3.8, 4) is 6.07 Å². The number of carbonyl (C=O) groups excluding carboxylic acids is 7. The first-order chi connectivity index (χ1) is 34.1. The van der Waals surface area contributed by atoms with Crippen molar-refractivity contribution in [3.63, 3.8) is 0 Å². The second-order valence-corrected chi connectivity index (χ2v) is 17.4. The van der Waals surface area contributed by atoms with Crippen LogP contribution in [-0.2, 0) is 81.0 Å². The minimum atomic E-state index is -1.05. The predicted molar refractivity (Wildman–Crippen MR) is 353 cm³/mol. The lowest BCUT2D eigenvalue weighted by atomic mass is 10.1. The molecule has 0 saturated heterocycles. The normalized spacial score (nSPS) is 11.1. The number of nitrogens with zero attached hydrogens (tertiary/aromatic N) is 1. The molecule has 21 heteroatoms. The van der Waals surface area contributed by atoms with Gasteiger partial charge in [-0.05, 0) is 59.3 Å². The number of hydrogen-bond acceptors (Lipinski definition) is 20. The number of aliphatic hydroxyl groups is 2. The van der Waals surface area contributed by atoms with E-state index in [2.05, 4.69) is 4.74 Å². The van der Waals surface area contributed by atoms with E-state index in [4.69, 9.17) is 53.4 Å². The molecule has 0 amide bonds. The second-order valence-electron chi connectivity index (χ2n) is 17.4. The second kappa shape index (κ2) is 87.9. The maximum absolute atomic E-state index is 11.2. The number of esters is 7. The summed E-state index contributed by atoms with van der Waals surface area (Å²) in [4.78, 5) is 87.2. The number of aliphatic hydroxyl groups excluding tert-OH is 1. The van der Waals surface area contributed by atoms with Crippen molar-refractivity contribution in [2.75, 3.05) is 73.7 Å². The van der Waals surface area contributed by atoms with Crippen molar-refractivity contribution in [1.29, 1.82) is 5.26 Å². The van der Waals surface area contributed by atoms with Gasteiger partial charge in [0.15, 0.2) is 0 Å². The number of carbonyl (C=O) groups is 8. The van der Waals surface area contributed by atoms with Crippen LogP contribution in [0.25, 0.3) is 0 Å². The highest BCUT2D eigenvalue weighted by Gasteiger charge is 2.19. The lowest BCUT2D eigenvalue weighted by Crippen LogP contribution is -2.29. The van der Waals surface area contributed by atoms with Crippen molar-refractivity contribution in [1.82, 2.24) is 0 Å². The quantitative estimate of drug-likeness (QED) is 0.0342. The number of hydrogen-bond donors (Lipinski definition) is 3. The van der Waals surface area contributed by atoms with Crippen molar-refractivity contribution in [3.05, 3.63) is 0 Å². The molecular weight excluding hydrogens is 1100 g/mol. The largest absolute Gasteiger partial charge is 0.481 e. The third kappa shape index (κ3) is 98.5. The first-order valence-electron chi connectivity index (χ1n) is 25.2. The highest BCUT2D eigenvalue weighted by atomic mass is 16.6. The summed E-state index contributed by atoms with van der Waals surface area (Å²) in [5, 5.41) is 34.5. The summed E-state index contributed by atoms with van der Waals surface area (Å²) in [5.74, 6) is -3.26. The molecule has 85 heavy (non-hydrogen) atoms. The van der Waals surface area contributed by atoms with E-state index in [0.29, 0.717) is 32.8 Å². The monoisotopic (exact) mass is 1250 g/mol. The van der Waals surface area contributed by atoms with E-state index >= 15 is 0 Å². The van der Waals surface area contributed by atoms with Crippen LogP contribution in [0.4, 0.5) is 0 Å². The van der Waals surface area contributed by atoms with Crippen LogP contribution in [0.2, 0.25) is 0 Å². The highest BCUT2D eigenvalue weighted by molar-refractivity contribution is 5.77. The van der Waals surface area contributed by atoms with Crippen LogP contribution < -0.4 is 0 Å². The maximum Gasteiger partial charge on any atom is 0.308 e. The molecule has 3 N–H and O–H groups in total. The van der Waals surface area contributed by atoms with Crippen molar-refractivity contribution in [2.24, 2.45) is 35.5 Å². The zero-order valence-electron chi connectivity index (χ0n) is 47.5. The number of methoxy groups -OCH3 is 2. The molecule has 0 bridgehead atoms. The van der Waals surface area contributed by atoms with Crippen LogP contribution in [0.3, 0.4) is 0 Å². The number of carboxylic acid groups (broad SMARTS) is 1. The Bertz CT molecular complexity index is 1450. The third-order valence-electron chi connectivity index (χ3n) is 9.78. The van der Waals surface area contributed by atoms with Crippen molar-refractivity contribution >= 4 is 47.8 Å². The molecule has 21 nitrogen and oxygen atoms in total. The van der Waals surface area contributed by atoms with Crippen LogP contribution in [0.5, 0.6) is 0 Å². The van der Waals surface area contributed by atoms with Crippen LogP contribution in [0.15, 0.2) is 0 Å². The van der Waals surface area contributed by atoms with E-state index in [-0.39, 0.29) is 213 Å². The molecule has 0 heterocycles. The zero-order valence-corrected chi connectivity index (χ0v) is 47.5. The molecule has 7 unspecified atom stereocenters. The molecule has 0 aliphatic heterocycles. The molecule has 0 aromatic rings. The molecule has 0 radical (unpaired) electrons. The van der Waals surface area contributed by atoms with Gasteiger partial charge in [0.25, 0.3) is 0 Å². The molecule has 0 rings (SSSR count). The minimum absolute atomic E-state index is 0. The Hall–Kier alpha value is -4.91. The molecule has 7 atom stereocenters. The van der Waals surface area contributed by atoms with Crippen LogP contribution >= 0.6 is 0 Å². The first kappa shape index (κ1) is 130. The SMILES string of the molecule is C.C.C.C.C.C.C.C.C.C.C.C.CCC(C)C(=O)OCC(C)(C)O.CCC(C)C(=O)OCC(C)O.CCC(C)C(=O)OCCC#N.CCC(C)C(=O)OCCOC.CCC(C)C(=O)OCCOC.CCC(C)C(=O)OCCOC(=O)CCC(=O)O. The first-order valence-corrected chi connectivity index (χ1v) is 25.2. The van der Waals surface area contributed by atoms with Crippen molar-refractivity contribution < 1.29 is 96.3 Å². The van der Waals surface area contributed by atoms with E-state index in [0.717, 1.165) is 32.1 Å². The Balaban J connectivity index is -0.0000000388. The van der Waals surface area contributed by atoms with Gasteiger partial charge in [-0.2, -0.15) is 5.26 Å². The van der Waals surface area contributed by atoms with Gasteiger partial charge in [0.1, 0.15) is 46.2 Å². The summed E-state index contributed by atoms with van der Waals surface area (Å²) in [6, 6.07) is 1.90. The topological polar surface area (TPSA) is 304 Å². The molecular formula is C64H145NO20. The van der Waals surface area contributed by atoms with Gasteiger partial charge in [0, 0.05) is 14.2 Å². The number of rotatable bonds is 30. The number of aliphatic carboxylic acids is 1. The average molecular weight is 1250 g/mol. The molecule has 0 saturated carbocycles. The lowest BCUT2D eigenvalue weighted by molar-refractivity contribution is -0.155. The fourth-order valence-corrected chi connectivity index (χ4v) is 3.53. The summed E-state index contributed by atoms with van der Waals surface area (Å²) in [6.45, 7) is 29.3. The third-order valence-corrected chi connectivity index (χ3v) is 9.78. The van der Waals surface area contributed by atoms with Crippen LogP contribution in [0.1, 0.15) is 251 Å². The molecule has 0 aromatic heterocycles. The van der Waals surface area contributed by atoms with E-state index in [1.807, 2.05) is 82.2 Å². The molecule has 0 spiro atoms. The summed E-state index contributed by atoms with van der Waals surface area (Å²) < 4.78 is 43.1. The van der Waals surface area contributed by atoms with Crippen LogP contribution in [0, 0.1) is 46.8 Å². The van der Waals surface area contributed by atoms with Gasteiger partial charge in [-0.1, -0.05) is 172 Å². The fourth-order valence-electron chi connectivity index (χ4n) is 3.53. The predicted octanol–water partition coefficient (Wildman–Crippen LogP) is 14.9. The summed E-state index contributed by atoms with van der Waals surface area (Å²) >= 11 is 0. The standard InChI is InChI=1S/C11H18O6.C9H18O3.C8H13NO2.3C8H16O3.12CH4/c1-3-8(2)11(15)17-7-6-16-10(14)5-4-9(12)13;1-5-7(2)8(10)12-6-9(3,4)11;1-3-7(2)8(10)11-6-4-5-9;2*1-4-7(2)8(9)11-6-5-10-3;1-4-6(2)8(10)11-5-7(3)9;;;;;;;;;;;;/h8H,3-7H2,1-2H3,(H,12,13);7,11H,5-6H2,1-4H3;7H,3-4,6H2,1-2H3;2*7H,4-6H2,1-3H3;6-7,9H,4-5H2,1-3H3;12*1H4. The van der Waals surface area contributed by atoms with Crippen LogP contribution in [-0.4, -0.2) is 148 Å². The van der Waals surface area contributed by atoms with Gasteiger partial charge in [0.2, 0.25) is 0 Å². The molecule has 526 valence electrons. The van der Waals surface area contributed by atoms with Gasteiger partial charge in [0.05, 0.1) is 85.8 Å². The minimum Gasteiger partial charge on any atom is -0.481 e. The highest BCUT2D eigenvalue weighted by Crippen LogP contribution is 2.08. The summed E-state index contributed by atoms with van der Waals surface area (Å²) in [5.41, 5.74) is -0.927. The Morgan fingerprint density at radius 3 is 0.894 bits per heavy atom. The van der Waals surface area contributed by atoms with E-state index in [1.54, 1.807) is 41.9 Å². The lowest BCUT2D eigenvalue weighted by Gasteiger charge is -2.18. The molecule has 0 aromatic carbocycles. The van der Waals surface area contributed by atoms with E-state index in [1.165, 1.54) is 0 Å². The van der Waals surface area contributed by atoms with Gasteiger partial charge in [-0.3, -0.25) is 38.4 Å². The Morgan fingerprint density at radius 2 is 0.659 bits per heavy atom. The Labute approximate surface area is 525 Å². The average Bonchev–Trinajstić information content (AvgIpc) is 3.36. The Morgan fingerprint density at radius 1 is 0.412 bits per heavy atom. The van der Waals surface area contributed by atoms with E-state index < -0.39 is 23.6 Å². The molecule has 0 aliphatic carbocycles. The van der Waals surface area contributed by atoms with Crippen molar-refractivity contribution in [2.45, 2.75) is 262 Å². The summed E-state index contributed by atoms with van der Waals surface area (Å²) in [7, 11) is 3.16. The van der Waals surface area contributed by atoms with Gasteiger partial charge in [-0.15, -0.1) is 0 Å². The molecule has 0 aliphatic rings.